The van der Waals surface area contributed by atoms with Crippen molar-refractivity contribution in [2.45, 2.75) is 71.1 Å². The number of para-hydroxylation sites is 1. The van der Waals surface area contributed by atoms with E-state index in [1.165, 1.54) is 18.3 Å². The Morgan fingerprint density at radius 1 is 1.26 bits per heavy atom. The lowest BCUT2D eigenvalue weighted by atomic mass is 9.97. The summed E-state index contributed by atoms with van der Waals surface area (Å²) in [6.45, 7) is 5.50. The van der Waals surface area contributed by atoms with E-state index in [0.29, 0.717) is 25.7 Å². The Morgan fingerprint density at radius 2 is 2.03 bits per heavy atom. The number of nitrogens with zero attached hydrogens (tertiary/aromatic N) is 2. The molecule has 0 aliphatic carbocycles. The molecule has 35 heavy (non-hydrogen) atoms. The van der Waals surface area contributed by atoms with Crippen LogP contribution >= 0.6 is 11.3 Å². The molecule has 3 heterocycles. The zero-order valence-corrected chi connectivity index (χ0v) is 21.0. The van der Waals surface area contributed by atoms with Crippen molar-refractivity contribution < 1.29 is 19.2 Å². The normalized spacial score (nSPS) is 20.4. The molecule has 0 fully saturated rings. The van der Waals surface area contributed by atoms with Gasteiger partial charge in [-0.2, -0.15) is 0 Å². The quantitative estimate of drug-likeness (QED) is 0.513. The van der Waals surface area contributed by atoms with Crippen LogP contribution in [0, 0.1) is 5.92 Å². The second-order valence-corrected chi connectivity index (χ2v) is 9.93. The molecule has 2 aliphatic heterocycles. The molecule has 1 aromatic heterocycles. The minimum absolute atomic E-state index is 0.0976. The number of carbonyl (C=O) groups is 4. The molecule has 2 aliphatic rings. The number of hydrogen-bond acceptors (Lipinski definition) is 6. The minimum Gasteiger partial charge on any atom is -0.349 e. The molecule has 0 unspecified atom stereocenters. The maximum absolute atomic E-state index is 13.8. The Kier molecular flexibility index (Phi) is 7.49. The minimum atomic E-state index is -0.796. The van der Waals surface area contributed by atoms with Crippen molar-refractivity contribution in [2.24, 2.45) is 5.92 Å². The summed E-state index contributed by atoms with van der Waals surface area (Å²) in [5, 5.41) is 10.4. The van der Waals surface area contributed by atoms with E-state index in [9.17, 15) is 19.2 Å². The number of thiazole rings is 1. The van der Waals surface area contributed by atoms with Crippen molar-refractivity contribution >= 4 is 40.7 Å². The molecule has 0 saturated heterocycles. The van der Waals surface area contributed by atoms with Crippen LogP contribution in [0.1, 0.15) is 50.4 Å². The Hall–Kier alpha value is -3.27. The van der Waals surface area contributed by atoms with Gasteiger partial charge in [0.25, 0.3) is 0 Å². The standard InChI is InChI=1S/C25H31N5O4S/c1-4-14(2)21(28-15(3)31)24(33)29-19-9-8-16-6-5-7-17-10-20(30(22(16)17)25(19)34)23(32)26-11-18-12-35-13-27-18/h5-7,12-14,19-21H,4,8-11H2,1-3H3,(H,26,32)(H,28,31)(H,29,33)/t14-,19-,20-,21-/m0/s1. The number of carbonyl (C=O) groups excluding carboxylic acids is 4. The molecule has 186 valence electrons. The fraction of sp³-hybridized carbons (Fsp3) is 0.480. The second kappa shape index (κ2) is 10.6. The highest BCUT2D eigenvalue weighted by Crippen LogP contribution is 2.39. The van der Waals surface area contributed by atoms with Crippen molar-refractivity contribution in [1.29, 1.82) is 0 Å². The zero-order chi connectivity index (χ0) is 25.1. The van der Waals surface area contributed by atoms with E-state index in [1.54, 1.807) is 10.4 Å². The van der Waals surface area contributed by atoms with Gasteiger partial charge in [-0.3, -0.25) is 24.1 Å². The van der Waals surface area contributed by atoms with E-state index < -0.39 is 18.1 Å². The van der Waals surface area contributed by atoms with Gasteiger partial charge in [0.1, 0.15) is 18.1 Å². The molecule has 0 bridgehead atoms. The van der Waals surface area contributed by atoms with Crippen LogP contribution in [0.4, 0.5) is 5.69 Å². The number of anilines is 1. The molecule has 4 amide bonds. The average Bonchev–Trinajstić information content (AvgIpc) is 3.47. The summed E-state index contributed by atoms with van der Waals surface area (Å²) < 4.78 is 0. The average molecular weight is 498 g/mol. The molecule has 3 N–H and O–H groups in total. The highest BCUT2D eigenvalue weighted by atomic mass is 32.1. The SMILES string of the molecule is CC[C@H](C)[C@H](NC(C)=O)C(=O)N[C@H]1CCc2cccc3c2N(C1=O)[C@H](C(=O)NCc1cscn1)C3. The summed E-state index contributed by atoms with van der Waals surface area (Å²) in [5.74, 6) is -1.34. The monoisotopic (exact) mass is 497 g/mol. The first-order valence-electron chi connectivity index (χ1n) is 12.0. The number of benzene rings is 1. The third-order valence-corrected chi connectivity index (χ3v) is 7.44. The van der Waals surface area contributed by atoms with E-state index in [1.807, 2.05) is 37.4 Å². The molecule has 4 rings (SSSR count). The zero-order valence-electron chi connectivity index (χ0n) is 20.2. The van der Waals surface area contributed by atoms with Gasteiger partial charge in [-0.05, 0) is 29.9 Å². The number of aryl methyl sites for hydroxylation is 1. The van der Waals surface area contributed by atoms with Gasteiger partial charge in [0.2, 0.25) is 23.6 Å². The van der Waals surface area contributed by atoms with Crippen LogP contribution in [-0.2, 0) is 38.6 Å². The summed E-state index contributed by atoms with van der Waals surface area (Å²) >= 11 is 1.45. The largest absolute Gasteiger partial charge is 0.349 e. The Bertz CT molecular complexity index is 1120. The molecular formula is C25H31N5O4S. The maximum Gasteiger partial charge on any atom is 0.250 e. The van der Waals surface area contributed by atoms with Gasteiger partial charge >= 0.3 is 0 Å². The van der Waals surface area contributed by atoms with Crippen LogP contribution in [0.5, 0.6) is 0 Å². The van der Waals surface area contributed by atoms with E-state index in [4.69, 9.17) is 0 Å². The molecular weight excluding hydrogens is 466 g/mol. The van der Waals surface area contributed by atoms with Crippen molar-refractivity contribution in [1.82, 2.24) is 20.9 Å². The van der Waals surface area contributed by atoms with Gasteiger partial charge in [0.15, 0.2) is 0 Å². The van der Waals surface area contributed by atoms with Crippen LogP contribution in [0.15, 0.2) is 29.1 Å². The lowest BCUT2D eigenvalue weighted by Crippen LogP contribution is -2.58. The predicted molar refractivity (Wildman–Crippen MR) is 133 cm³/mol. The van der Waals surface area contributed by atoms with Gasteiger partial charge in [-0.15, -0.1) is 11.3 Å². The highest BCUT2D eigenvalue weighted by molar-refractivity contribution is 7.07. The molecule has 9 nitrogen and oxygen atoms in total. The van der Waals surface area contributed by atoms with Crippen LogP contribution in [0.2, 0.25) is 0 Å². The third-order valence-electron chi connectivity index (χ3n) is 6.81. The molecule has 1 aromatic carbocycles. The first-order valence-corrected chi connectivity index (χ1v) is 12.9. The molecule has 0 spiro atoms. The van der Waals surface area contributed by atoms with Gasteiger partial charge in [-0.25, -0.2) is 4.98 Å². The molecule has 4 atom stereocenters. The van der Waals surface area contributed by atoms with Crippen molar-refractivity contribution in [3.8, 4) is 0 Å². The van der Waals surface area contributed by atoms with Crippen LogP contribution in [0.3, 0.4) is 0 Å². The van der Waals surface area contributed by atoms with Crippen LogP contribution in [0.25, 0.3) is 0 Å². The number of aromatic nitrogens is 1. The smallest absolute Gasteiger partial charge is 0.250 e. The fourth-order valence-electron chi connectivity index (χ4n) is 4.78. The van der Waals surface area contributed by atoms with E-state index in [0.717, 1.165) is 22.5 Å². The number of amides is 4. The van der Waals surface area contributed by atoms with Crippen molar-refractivity contribution in [3.05, 3.63) is 45.9 Å². The van der Waals surface area contributed by atoms with E-state index in [-0.39, 0.29) is 36.1 Å². The molecule has 2 aromatic rings. The molecule has 0 saturated carbocycles. The lowest BCUT2D eigenvalue weighted by Gasteiger charge is -2.29. The summed E-state index contributed by atoms with van der Waals surface area (Å²) in [7, 11) is 0. The Morgan fingerprint density at radius 3 is 2.71 bits per heavy atom. The Labute approximate surface area is 208 Å². The summed E-state index contributed by atoms with van der Waals surface area (Å²) in [4.78, 5) is 57.6. The van der Waals surface area contributed by atoms with Gasteiger partial charge < -0.3 is 16.0 Å². The number of nitrogens with one attached hydrogen (secondary N) is 3. The van der Waals surface area contributed by atoms with Crippen LogP contribution in [-0.4, -0.2) is 46.7 Å². The van der Waals surface area contributed by atoms with Gasteiger partial charge in [-0.1, -0.05) is 38.5 Å². The number of hydrogen-bond donors (Lipinski definition) is 3. The molecule has 0 radical (unpaired) electrons. The van der Waals surface area contributed by atoms with Gasteiger partial charge in [0.05, 0.1) is 23.4 Å². The van der Waals surface area contributed by atoms with Gasteiger partial charge in [0, 0.05) is 18.7 Å². The summed E-state index contributed by atoms with van der Waals surface area (Å²) in [6.07, 6.45) is 2.12. The summed E-state index contributed by atoms with van der Waals surface area (Å²) in [5.41, 5.74) is 5.19. The first-order chi connectivity index (χ1) is 16.8. The first kappa shape index (κ1) is 24.8. The summed E-state index contributed by atoms with van der Waals surface area (Å²) in [6, 6.07) is 3.63. The fourth-order valence-corrected chi connectivity index (χ4v) is 5.34. The van der Waals surface area contributed by atoms with E-state index >= 15 is 0 Å². The lowest BCUT2D eigenvalue weighted by molar-refractivity contribution is -0.132. The Balaban J connectivity index is 1.56. The van der Waals surface area contributed by atoms with E-state index in [2.05, 4.69) is 20.9 Å². The highest BCUT2D eigenvalue weighted by Gasteiger charge is 2.44. The predicted octanol–water partition coefficient (Wildman–Crippen LogP) is 1.70. The molecule has 10 heteroatoms. The van der Waals surface area contributed by atoms with Crippen molar-refractivity contribution in [2.75, 3.05) is 4.90 Å². The topological polar surface area (TPSA) is 121 Å². The third kappa shape index (κ3) is 5.22. The second-order valence-electron chi connectivity index (χ2n) is 9.21. The maximum atomic E-state index is 13.8. The number of rotatable bonds is 8. The van der Waals surface area contributed by atoms with Crippen LogP contribution < -0.4 is 20.9 Å². The van der Waals surface area contributed by atoms with Crippen molar-refractivity contribution in [3.63, 3.8) is 0 Å².